The number of amides is 1. The Morgan fingerprint density at radius 3 is 2.81 bits per heavy atom. The normalized spacial score (nSPS) is 19.8. The molecule has 9 heteroatoms. The number of hydrogen-bond acceptors (Lipinski definition) is 7. The molecule has 32 heavy (non-hydrogen) atoms. The van der Waals surface area contributed by atoms with Gasteiger partial charge in [0.15, 0.2) is 5.65 Å². The van der Waals surface area contributed by atoms with Crippen LogP contribution >= 0.6 is 0 Å². The SMILES string of the molecule is CC(C)(C)[C@@H]1CCc2noc(C3CCN(C(=O)CNc4ccc5nncn5n4)CC3)c2C1. The maximum atomic E-state index is 12.7. The Kier molecular flexibility index (Phi) is 5.35. The van der Waals surface area contributed by atoms with Crippen molar-refractivity contribution in [2.45, 2.75) is 58.8 Å². The van der Waals surface area contributed by atoms with Crippen LogP contribution in [0.5, 0.6) is 0 Å². The number of aromatic nitrogens is 5. The molecule has 0 bridgehead atoms. The maximum absolute atomic E-state index is 12.7. The summed E-state index contributed by atoms with van der Waals surface area (Å²) in [4.78, 5) is 14.7. The molecule has 0 aromatic carbocycles. The van der Waals surface area contributed by atoms with Gasteiger partial charge in [-0.1, -0.05) is 25.9 Å². The number of likely N-dealkylation sites (tertiary alicyclic amines) is 1. The quantitative estimate of drug-likeness (QED) is 0.669. The topological polar surface area (TPSA) is 101 Å². The van der Waals surface area contributed by atoms with Crippen LogP contribution in [0.25, 0.3) is 5.65 Å². The summed E-state index contributed by atoms with van der Waals surface area (Å²) in [6.45, 7) is 8.68. The Bertz CT molecular complexity index is 1110. The first kappa shape index (κ1) is 20.9. The van der Waals surface area contributed by atoms with Crippen molar-refractivity contribution in [3.63, 3.8) is 0 Å². The van der Waals surface area contributed by atoms with Crippen LogP contribution in [0.15, 0.2) is 23.0 Å². The van der Waals surface area contributed by atoms with Gasteiger partial charge in [0.2, 0.25) is 5.91 Å². The summed E-state index contributed by atoms with van der Waals surface area (Å²) in [6.07, 6.45) is 6.63. The van der Waals surface area contributed by atoms with E-state index in [0.29, 0.717) is 28.7 Å². The number of rotatable bonds is 4. The number of piperidine rings is 1. The minimum Gasteiger partial charge on any atom is -0.361 e. The summed E-state index contributed by atoms with van der Waals surface area (Å²) >= 11 is 0. The molecule has 1 fully saturated rings. The van der Waals surface area contributed by atoms with Crippen molar-refractivity contribution >= 4 is 17.4 Å². The fraction of sp³-hybridized carbons (Fsp3) is 0.609. The summed E-state index contributed by atoms with van der Waals surface area (Å²) in [5, 5.41) is 19.6. The maximum Gasteiger partial charge on any atom is 0.241 e. The van der Waals surface area contributed by atoms with E-state index in [-0.39, 0.29) is 12.5 Å². The fourth-order valence-corrected chi connectivity index (χ4v) is 4.98. The highest BCUT2D eigenvalue weighted by molar-refractivity contribution is 5.80. The number of fused-ring (bicyclic) bond motifs is 2. The molecule has 3 aromatic heterocycles. The molecule has 1 amide bonds. The first-order valence-corrected chi connectivity index (χ1v) is 11.5. The lowest BCUT2D eigenvalue weighted by Crippen LogP contribution is -2.41. The molecule has 4 heterocycles. The molecule has 5 rings (SSSR count). The Hall–Kier alpha value is -2.97. The van der Waals surface area contributed by atoms with E-state index in [1.165, 1.54) is 12.0 Å². The van der Waals surface area contributed by atoms with E-state index in [9.17, 15) is 4.79 Å². The second-order valence-electron chi connectivity index (χ2n) is 10.1. The Labute approximate surface area is 187 Å². The van der Waals surface area contributed by atoms with Crippen molar-refractivity contribution in [3.8, 4) is 0 Å². The van der Waals surface area contributed by atoms with Crippen LogP contribution in [0.2, 0.25) is 0 Å². The predicted octanol–water partition coefficient (Wildman–Crippen LogP) is 3.08. The lowest BCUT2D eigenvalue weighted by Gasteiger charge is -2.35. The van der Waals surface area contributed by atoms with Gasteiger partial charge in [-0.25, -0.2) is 0 Å². The fourth-order valence-electron chi connectivity index (χ4n) is 4.98. The lowest BCUT2D eigenvalue weighted by molar-refractivity contribution is -0.130. The van der Waals surface area contributed by atoms with Gasteiger partial charge in [0.05, 0.1) is 12.2 Å². The molecule has 1 saturated heterocycles. The number of nitrogens with one attached hydrogen (secondary N) is 1. The van der Waals surface area contributed by atoms with Crippen molar-refractivity contribution in [2.75, 3.05) is 25.0 Å². The summed E-state index contributed by atoms with van der Waals surface area (Å²) in [5.74, 6) is 2.79. The molecule has 1 aliphatic carbocycles. The van der Waals surface area contributed by atoms with Gasteiger partial charge in [-0.15, -0.1) is 15.3 Å². The molecule has 0 spiro atoms. The lowest BCUT2D eigenvalue weighted by atomic mass is 9.71. The average molecular weight is 438 g/mol. The smallest absolute Gasteiger partial charge is 0.241 e. The predicted molar refractivity (Wildman–Crippen MR) is 119 cm³/mol. The molecule has 1 aliphatic heterocycles. The van der Waals surface area contributed by atoms with Crippen molar-refractivity contribution in [3.05, 3.63) is 35.5 Å². The molecule has 1 N–H and O–H groups in total. The second kappa shape index (κ2) is 8.18. The molecule has 170 valence electrons. The van der Waals surface area contributed by atoms with E-state index >= 15 is 0 Å². The molecular weight excluding hydrogens is 406 g/mol. The number of carbonyl (C=O) groups excluding carboxylic acids is 1. The van der Waals surface area contributed by atoms with E-state index in [1.54, 1.807) is 16.9 Å². The van der Waals surface area contributed by atoms with Gasteiger partial charge in [0, 0.05) is 24.6 Å². The average Bonchev–Trinajstić information content (AvgIpc) is 3.43. The van der Waals surface area contributed by atoms with Gasteiger partial charge >= 0.3 is 0 Å². The van der Waals surface area contributed by atoms with Gasteiger partial charge in [0.25, 0.3) is 0 Å². The van der Waals surface area contributed by atoms with Crippen LogP contribution in [-0.2, 0) is 17.6 Å². The third kappa shape index (κ3) is 4.08. The number of carbonyl (C=O) groups is 1. The summed E-state index contributed by atoms with van der Waals surface area (Å²) in [5.41, 5.74) is 3.47. The zero-order valence-electron chi connectivity index (χ0n) is 19.0. The van der Waals surface area contributed by atoms with Crippen molar-refractivity contribution in [1.82, 2.24) is 29.9 Å². The molecule has 2 aliphatic rings. The number of aryl methyl sites for hydroxylation is 1. The van der Waals surface area contributed by atoms with Crippen LogP contribution in [0.4, 0.5) is 5.82 Å². The highest BCUT2D eigenvalue weighted by Crippen LogP contribution is 2.41. The zero-order chi connectivity index (χ0) is 22.3. The van der Waals surface area contributed by atoms with E-state index in [2.05, 4.69) is 46.5 Å². The molecule has 3 aromatic rings. The van der Waals surface area contributed by atoms with Gasteiger partial charge in [0.1, 0.15) is 17.9 Å². The zero-order valence-corrected chi connectivity index (χ0v) is 19.0. The van der Waals surface area contributed by atoms with Crippen LogP contribution in [-0.4, -0.2) is 55.4 Å². The first-order valence-electron chi connectivity index (χ1n) is 11.5. The summed E-state index contributed by atoms with van der Waals surface area (Å²) < 4.78 is 7.44. The summed E-state index contributed by atoms with van der Waals surface area (Å²) in [6, 6.07) is 3.63. The van der Waals surface area contributed by atoms with Crippen LogP contribution in [0.3, 0.4) is 0 Å². The Balaban J connectivity index is 1.17. The van der Waals surface area contributed by atoms with Gasteiger partial charge in [-0.2, -0.15) is 4.52 Å². The summed E-state index contributed by atoms with van der Waals surface area (Å²) in [7, 11) is 0. The van der Waals surface area contributed by atoms with Crippen LogP contribution in [0, 0.1) is 11.3 Å². The Morgan fingerprint density at radius 2 is 2.03 bits per heavy atom. The minimum atomic E-state index is 0.0847. The molecule has 0 radical (unpaired) electrons. The van der Waals surface area contributed by atoms with E-state index in [0.717, 1.165) is 50.2 Å². The van der Waals surface area contributed by atoms with Crippen molar-refractivity contribution < 1.29 is 9.32 Å². The minimum absolute atomic E-state index is 0.0847. The number of hydrogen-bond donors (Lipinski definition) is 1. The van der Waals surface area contributed by atoms with Crippen LogP contribution < -0.4 is 5.32 Å². The highest BCUT2D eigenvalue weighted by atomic mass is 16.5. The first-order chi connectivity index (χ1) is 15.4. The van der Waals surface area contributed by atoms with Crippen molar-refractivity contribution in [1.29, 1.82) is 0 Å². The van der Waals surface area contributed by atoms with Crippen LogP contribution in [0.1, 0.15) is 63.0 Å². The molecule has 1 atom stereocenters. The third-order valence-electron chi connectivity index (χ3n) is 7.11. The molecular formula is C23H31N7O2. The highest BCUT2D eigenvalue weighted by Gasteiger charge is 2.35. The number of anilines is 1. The standard InChI is InChI=1S/C23H31N7O2/c1-23(2,3)16-4-5-18-17(12-16)22(32-28-18)15-8-10-29(11-9-15)21(31)13-24-19-6-7-20-26-25-14-30(20)27-19/h6-7,14-16H,4-5,8-13H2,1-3H3,(H,24,27)/t16-/m1/s1. The molecule has 9 nitrogen and oxygen atoms in total. The largest absolute Gasteiger partial charge is 0.361 e. The van der Waals surface area contributed by atoms with Gasteiger partial charge in [-0.3, -0.25) is 4.79 Å². The molecule has 0 unspecified atom stereocenters. The number of nitrogens with zero attached hydrogens (tertiary/aromatic N) is 6. The van der Waals surface area contributed by atoms with Gasteiger partial charge < -0.3 is 14.7 Å². The Morgan fingerprint density at radius 1 is 1.22 bits per heavy atom. The second-order valence-corrected chi connectivity index (χ2v) is 10.1. The third-order valence-corrected chi connectivity index (χ3v) is 7.11. The van der Waals surface area contributed by atoms with E-state index < -0.39 is 0 Å². The van der Waals surface area contributed by atoms with Crippen molar-refractivity contribution in [2.24, 2.45) is 11.3 Å². The molecule has 0 saturated carbocycles. The van der Waals surface area contributed by atoms with Gasteiger partial charge in [-0.05, 0) is 55.6 Å². The monoisotopic (exact) mass is 437 g/mol. The van der Waals surface area contributed by atoms with E-state index in [1.807, 2.05) is 11.0 Å². The van der Waals surface area contributed by atoms with E-state index in [4.69, 9.17) is 4.52 Å².